The number of nitrogens with zero attached hydrogens (tertiary/aromatic N) is 2. The second-order valence-electron chi connectivity index (χ2n) is 5.57. The highest BCUT2D eigenvalue weighted by molar-refractivity contribution is 5.99. The molecule has 1 fully saturated rings. The van der Waals surface area contributed by atoms with Crippen molar-refractivity contribution in [3.63, 3.8) is 0 Å². The summed E-state index contributed by atoms with van der Waals surface area (Å²) in [6, 6.07) is 3.86. The first-order valence-corrected chi connectivity index (χ1v) is 7.10. The molecule has 1 amide bonds. The van der Waals surface area contributed by atoms with Gasteiger partial charge >= 0.3 is 0 Å². The molecule has 0 aliphatic carbocycles. The number of rotatable bonds is 4. The van der Waals surface area contributed by atoms with Gasteiger partial charge in [0.1, 0.15) is 5.82 Å². The summed E-state index contributed by atoms with van der Waals surface area (Å²) < 4.78 is 0. The molecule has 1 unspecified atom stereocenters. The Kier molecular flexibility index (Phi) is 4.40. The summed E-state index contributed by atoms with van der Waals surface area (Å²) in [5.41, 5.74) is 0.692. The molecule has 0 radical (unpaired) electrons. The molecule has 2 rings (SSSR count). The van der Waals surface area contributed by atoms with Crippen molar-refractivity contribution in [1.29, 1.82) is 0 Å². The summed E-state index contributed by atoms with van der Waals surface area (Å²) >= 11 is 0. The number of nitrogens with one attached hydrogen (secondary N) is 1. The van der Waals surface area contributed by atoms with Crippen LogP contribution in [0.3, 0.4) is 0 Å². The van der Waals surface area contributed by atoms with Gasteiger partial charge in [-0.15, -0.1) is 0 Å². The fraction of sp³-hybridized carbons (Fsp3) is 0.600. The molecule has 104 valence electrons. The maximum absolute atomic E-state index is 12.4. The van der Waals surface area contributed by atoms with Gasteiger partial charge in [-0.3, -0.25) is 4.79 Å². The minimum Gasteiger partial charge on any atom is -0.356 e. The van der Waals surface area contributed by atoms with Gasteiger partial charge in [0.05, 0.1) is 5.56 Å². The Labute approximate surface area is 115 Å². The molecule has 1 N–H and O–H groups in total. The van der Waals surface area contributed by atoms with E-state index in [-0.39, 0.29) is 11.9 Å². The Morgan fingerprint density at radius 3 is 2.63 bits per heavy atom. The van der Waals surface area contributed by atoms with E-state index >= 15 is 0 Å². The lowest BCUT2D eigenvalue weighted by atomic mass is 10.1. The van der Waals surface area contributed by atoms with Crippen LogP contribution >= 0.6 is 0 Å². The van der Waals surface area contributed by atoms with Gasteiger partial charge in [0, 0.05) is 25.3 Å². The molecule has 0 aromatic carbocycles. The quantitative estimate of drug-likeness (QED) is 0.905. The van der Waals surface area contributed by atoms with E-state index in [0.29, 0.717) is 11.5 Å². The lowest BCUT2D eigenvalue weighted by Crippen LogP contribution is -2.37. The average Bonchev–Trinajstić information content (AvgIpc) is 2.92. The van der Waals surface area contributed by atoms with E-state index in [2.05, 4.69) is 29.0 Å². The van der Waals surface area contributed by atoms with Crippen molar-refractivity contribution in [2.24, 2.45) is 5.92 Å². The maximum Gasteiger partial charge on any atom is 0.255 e. The topological polar surface area (TPSA) is 45.2 Å². The SMILES string of the molecule is CC(C)C(C)NC(=O)c1cccnc1N1CCCC1. The second kappa shape index (κ2) is 6.04. The third kappa shape index (κ3) is 3.25. The average molecular weight is 261 g/mol. The number of carbonyl (C=O) groups is 1. The third-order valence-corrected chi connectivity index (χ3v) is 3.80. The predicted octanol–water partition coefficient (Wildman–Crippen LogP) is 2.46. The van der Waals surface area contributed by atoms with Gasteiger partial charge < -0.3 is 10.2 Å². The molecule has 1 aliphatic rings. The van der Waals surface area contributed by atoms with Crippen molar-refractivity contribution >= 4 is 11.7 Å². The Morgan fingerprint density at radius 2 is 2.00 bits per heavy atom. The van der Waals surface area contributed by atoms with Crippen LogP contribution in [0.15, 0.2) is 18.3 Å². The van der Waals surface area contributed by atoms with Crippen LogP contribution in [-0.2, 0) is 0 Å². The van der Waals surface area contributed by atoms with E-state index in [1.165, 1.54) is 12.8 Å². The molecule has 1 aliphatic heterocycles. The van der Waals surface area contributed by atoms with Crippen LogP contribution in [0.1, 0.15) is 44.0 Å². The molecule has 0 spiro atoms. The first-order chi connectivity index (χ1) is 9.09. The fourth-order valence-corrected chi connectivity index (χ4v) is 2.21. The Morgan fingerprint density at radius 1 is 1.32 bits per heavy atom. The third-order valence-electron chi connectivity index (χ3n) is 3.80. The summed E-state index contributed by atoms with van der Waals surface area (Å²) in [7, 11) is 0. The zero-order valence-electron chi connectivity index (χ0n) is 12.0. The van der Waals surface area contributed by atoms with Crippen LogP contribution in [0.4, 0.5) is 5.82 Å². The summed E-state index contributed by atoms with van der Waals surface area (Å²) in [6.45, 7) is 8.24. The van der Waals surface area contributed by atoms with Crippen molar-refractivity contribution in [2.75, 3.05) is 18.0 Å². The van der Waals surface area contributed by atoms with Crippen LogP contribution < -0.4 is 10.2 Å². The molecule has 4 nitrogen and oxygen atoms in total. The van der Waals surface area contributed by atoms with Crippen molar-refractivity contribution in [1.82, 2.24) is 10.3 Å². The van der Waals surface area contributed by atoms with Crippen LogP contribution in [0.5, 0.6) is 0 Å². The van der Waals surface area contributed by atoms with Gasteiger partial charge in [-0.2, -0.15) is 0 Å². The first-order valence-electron chi connectivity index (χ1n) is 7.10. The van der Waals surface area contributed by atoms with Gasteiger partial charge in [-0.25, -0.2) is 4.98 Å². The summed E-state index contributed by atoms with van der Waals surface area (Å²) in [5.74, 6) is 1.24. The number of anilines is 1. The normalized spacial score (nSPS) is 16.7. The molecule has 0 saturated carbocycles. The van der Waals surface area contributed by atoms with Crippen LogP contribution in [0, 0.1) is 5.92 Å². The highest BCUT2D eigenvalue weighted by Crippen LogP contribution is 2.22. The lowest BCUT2D eigenvalue weighted by Gasteiger charge is -2.22. The summed E-state index contributed by atoms with van der Waals surface area (Å²) in [6.07, 6.45) is 4.12. The minimum absolute atomic E-state index is 0.0174. The van der Waals surface area contributed by atoms with E-state index in [4.69, 9.17) is 0 Å². The largest absolute Gasteiger partial charge is 0.356 e. The maximum atomic E-state index is 12.4. The number of carbonyl (C=O) groups excluding carboxylic acids is 1. The fourth-order valence-electron chi connectivity index (χ4n) is 2.21. The van der Waals surface area contributed by atoms with Gasteiger partial charge in [-0.05, 0) is 37.8 Å². The van der Waals surface area contributed by atoms with E-state index in [1.807, 2.05) is 19.1 Å². The number of hydrogen-bond acceptors (Lipinski definition) is 3. The van der Waals surface area contributed by atoms with E-state index in [0.717, 1.165) is 18.9 Å². The molecule has 1 atom stereocenters. The molecular weight excluding hydrogens is 238 g/mol. The standard InChI is InChI=1S/C15H23N3O/c1-11(2)12(3)17-15(19)13-7-6-8-16-14(13)18-9-4-5-10-18/h6-8,11-12H,4-5,9-10H2,1-3H3,(H,17,19). The smallest absolute Gasteiger partial charge is 0.255 e. The predicted molar refractivity (Wildman–Crippen MR) is 77.5 cm³/mol. The van der Waals surface area contributed by atoms with E-state index in [9.17, 15) is 4.79 Å². The van der Waals surface area contributed by atoms with Gasteiger partial charge in [0.25, 0.3) is 5.91 Å². The molecule has 4 heteroatoms. The number of pyridine rings is 1. The van der Waals surface area contributed by atoms with E-state index < -0.39 is 0 Å². The number of aromatic nitrogens is 1. The summed E-state index contributed by atoms with van der Waals surface area (Å²) in [4.78, 5) is 19.0. The van der Waals surface area contributed by atoms with Crippen molar-refractivity contribution in [2.45, 2.75) is 39.7 Å². The highest BCUT2D eigenvalue weighted by atomic mass is 16.1. The zero-order valence-corrected chi connectivity index (χ0v) is 12.0. The van der Waals surface area contributed by atoms with Gasteiger partial charge in [0.2, 0.25) is 0 Å². The number of hydrogen-bond donors (Lipinski definition) is 1. The Balaban J connectivity index is 2.17. The molecule has 1 saturated heterocycles. The molecule has 1 aromatic heterocycles. The minimum atomic E-state index is -0.0174. The number of amides is 1. The molecule has 19 heavy (non-hydrogen) atoms. The van der Waals surface area contributed by atoms with Crippen LogP contribution in [0.25, 0.3) is 0 Å². The van der Waals surface area contributed by atoms with Crippen molar-refractivity contribution in [3.8, 4) is 0 Å². The summed E-state index contributed by atoms with van der Waals surface area (Å²) in [5, 5.41) is 3.05. The first kappa shape index (κ1) is 13.8. The van der Waals surface area contributed by atoms with Crippen molar-refractivity contribution in [3.05, 3.63) is 23.9 Å². The zero-order chi connectivity index (χ0) is 13.8. The molecule has 2 heterocycles. The van der Waals surface area contributed by atoms with Crippen molar-refractivity contribution < 1.29 is 4.79 Å². The monoisotopic (exact) mass is 261 g/mol. The lowest BCUT2D eigenvalue weighted by molar-refractivity contribution is 0.0930. The van der Waals surface area contributed by atoms with Gasteiger partial charge in [0.15, 0.2) is 0 Å². The molecule has 1 aromatic rings. The Bertz CT molecular complexity index is 439. The van der Waals surface area contributed by atoms with Gasteiger partial charge in [-0.1, -0.05) is 13.8 Å². The van der Waals surface area contributed by atoms with Crippen LogP contribution in [-0.4, -0.2) is 30.0 Å². The Hall–Kier alpha value is -1.58. The second-order valence-corrected chi connectivity index (χ2v) is 5.57. The van der Waals surface area contributed by atoms with E-state index in [1.54, 1.807) is 6.20 Å². The molecular formula is C15H23N3O. The highest BCUT2D eigenvalue weighted by Gasteiger charge is 2.21. The van der Waals surface area contributed by atoms with Crippen LogP contribution in [0.2, 0.25) is 0 Å². The molecule has 0 bridgehead atoms.